The predicted molar refractivity (Wildman–Crippen MR) is 165 cm³/mol. The van der Waals surface area contributed by atoms with Gasteiger partial charge in [-0.2, -0.15) is 0 Å². The molecule has 0 unspecified atom stereocenters. The van der Waals surface area contributed by atoms with E-state index in [1.54, 1.807) is 6.08 Å². The molecular formula is C34H48O4S. The summed E-state index contributed by atoms with van der Waals surface area (Å²) >= 11 is 1.19. The van der Waals surface area contributed by atoms with Gasteiger partial charge in [0, 0.05) is 16.5 Å². The third-order valence-electron chi connectivity index (χ3n) is 6.64. The third kappa shape index (κ3) is 15.0. The number of carbonyl (C=O) groups excluding carboxylic acids is 2. The fraction of sp³-hybridized carbons (Fsp3) is 0.529. The van der Waals surface area contributed by atoms with E-state index in [1.807, 2.05) is 55.5 Å². The van der Waals surface area contributed by atoms with Gasteiger partial charge in [-0.05, 0) is 86.0 Å². The Balaban J connectivity index is 1.68. The number of carbonyl (C=O) groups is 2. The van der Waals surface area contributed by atoms with E-state index in [1.165, 1.54) is 82.0 Å². The second kappa shape index (κ2) is 20.4. The zero-order chi connectivity index (χ0) is 28.1. The van der Waals surface area contributed by atoms with E-state index in [2.05, 4.69) is 13.8 Å². The van der Waals surface area contributed by atoms with Crippen molar-refractivity contribution in [2.24, 2.45) is 0 Å². The van der Waals surface area contributed by atoms with Crippen LogP contribution in [0, 0.1) is 0 Å². The van der Waals surface area contributed by atoms with Crippen LogP contribution in [0.25, 0.3) is 6.08 Å². The summed E-state index contributed by atoms with van der Waals surface area (Å²) in [5, 5.41) is -0.00980. The molecule has 0 bridgehead atoms. The van der Waals surface area contributed by atoms with E-state index < -0.39 is 0 Å². The molecule has 0 spiro atoms. The minimum atomic E-state index is -0.322. The highest BCUT2D eigenvalue weighted by Gasteiger charge is 2.09. The second-order valence-electron chi connectivity index (χ2n) is 10.2. The Morgan fingerprint density at radius 3 is 2.00 bits per heavy atom. The highest BCUT2D eigenvalue weighted by molar-refractivity contribution is 8.14. The van der Waals surface area contributed by atoms with Crippen LogP contribution in [0.5, 0.6) is 5.75 Å². The van der Waals surface area contributed by atoms with E-state index in [0.29, 0.717) is 12.2 Å². The van der Waals surface area contributed by atoms with Crippen molar-refractivity contribution in [2.45, 2.75) is 115 Å². The van der Waals surface area contributed by atoms with Gasteiger partial charge in [-0.1, -0.05) is 90.2 Å². The van der Waals surface area contributed by atoms with Crippen LogP contribution in [0.1, 0.15) is 120 Å². The van der Waals surface area contributed by atoms with Gasteiger partial charge in [0.1, 0.15) is 5.75 Å². The van der Waals surface area contributed by atoms with Crippen molar-refractivity contribution in [2.75, 3.05) is 6.61 Å². The summed E-state index contributed by atoms with van der Waals surface area (Å²) in [6.07, 6.45) is 18.9. The molecular weight excluding hydrogens is 504 g/mol. The first-order valence-electron chi connectivity index (χ1n) is 15.0. The molecule has 0 radical (unpaired) electrons. The van der Waals surface area contributed by atoms with Gasteiger partial charge in [0.05, 0.1) is 12.7 Å². The minimum absolute atomic E-state index is 0.00980. The summed E-state index contributed by atoms with van der Waals surface area (Å²) in [5.74, 6) is 0.483. The predicted octanol–water partition coefficient (Wildman–Crippen LogP) is 10.1. The fourth-order valence-corrected chi connectivity index (χ4v) is 4.99. The number of ether oxygens (including phenoxy) is 2. The third-order valence-corrected chi connectivity index (χ3v) is 7.57. The van der Waals surface area contributed by atoms with Gasteiger partial charge in [0.15, 0.2) is 0 Å². The lowest BCUT2D eigenvalue weighted by molar-refractivity contribution is -0.142. The van der Waals surface area contributed by atoms with Gasteiger partial charge in [-0.25, -0.2) is 4.79 Å². The maximum absolute atomic E-state index is 12.7. The average Bonchev–Trinajstić information content (AvgIpc) is 2.94. The minimum Gasteiger partial charge on any atom is -0.494 e. The molecule has 0 amide bonds. The standard InChI is InChI=1S/C34H48O4S/c1-4-6-8-10-11-12-13-15-27-37-31-22-20-30(21-23-31)34(36)39-32-24-17-29(18-25-32)19-26-33(35)38-28(3)16-14-9-7-5-2/h17-26,28H,4-16,27H2,1-3H3/b26-19+/t28-/m1/s1. The highest BCUT2D eigenvalue weighted by atomic mass is 32.2. The molecule has 214 valence electrons. The summed E-state index contributed by atoms with van der Waals surface area (Å²) in [5.41, 5.74) is 1.53. The largest absolute Gasteiger partial charge is 0.494 e. The number of esters is 1. The molecule has 0 saturated heterocycles. The molecule has 0 saturated carbocycles. The Kier molecular flexibility index (Phi) is 17.1. The number of hydrogen-bond donors (Lipinski definition) is 0. The summed E-state index contributed by atoms with van der Waals surface area (Å²) in [4.78, 5) is 25.7. The maximum atomic E-state index is 12.7. The lowest BCUT2D eigenvalue weighted by Crippen LogP contribution is -2.12. The normalized spacial score (nSPS) is 12.0. The molecule has 0 N–H and O–H groups in total. The van der Waals surface area contributed by atoms with E-state index in [-0.39, 0.29) is 17.2 Å². The Morgan fingerprint density at radius 2 is 1.36 bits per heavy atom. The zero-order valence-electron chi connectivity index (χ0n) is 24.3. The Morgan fingerprint density at radius 1 is 0.769 bits per heavy atom. The second-order valence-corrected chi connectivity index (χ2v) is 11.3. The lowest BCUT2D eigenvalue weighted by atomic mass is 10.1. The molecule has 0 fully saturated rings. The van der Waals surface area contributed by atoms with Gasteiger partial charge in [0.2, 0.25) is 5.12 Å². The molecule has 0 aromatic heterocycles. The number of rotatable bonds is 20. The molecule has 0 heterocycles. The first kappa shape index (κ1) is 32.7. The summed E-state index contributed by atoms with van der Waals surface area (Å²) in [6, 6.07) is 15.0. The van der Waals surface area contributed by atoms with Crippen LogP contribution in [0.15, 0.2) is 59.5 Å². The van der Waals surface area contributed by atoms with Gasteiger partial charge >= 0.3 is 5.97 Å². The van der Waals surface area contributed by atoms with Crippen LogP contribution in [0.4, 0.5) is 0 Å². The molecule has 0 aliphatic carbocycles. The van der Waals surface area contributed by atoms with Crippen LogP contribution in [-0.4, -0.2) is 23.8 Å². The van der Waals surface area contributed by atoms with Crippen LogP contribution < -0.4 is 4.74 Å². The van der Waals surface area contributed by atoms with E-state index in [4.69, 9.17) is 9.47 Å². The van der Waals surface area contributed by atoms with Crippen LogP contribution in [0.2, 0.25) is 0 Å². The molecule has 5 heteroatoms. The van der Waals surface area contributed by atoms with Crippen LogP contribution >= 0.6 is 11.8 Å². The van der Waals surface area contributed by atoms with E-state index in [0.717, 1.165) is 35.5 Å². The monoisotopic (exact) mass is 552 g/mol. The molecule has 0 aliphatic heterocycles. The zero-order valence-corrected chi connectivity index (χ0v) is 25.1. The molecule has 2 rings (SSSR count). The van der Waals surface area contributed by atoms with Gasteiger partial charge < -0.3 is 9.47 Å². The van der Waals surface area contributed by atoms with Crippen molar-refractivity contribution in [1.29, 1.82) is 0 Å². The molecule has 0 aliphatic rings. The number of hydrogen-bond acceptors (Lipinski definition) is 5. The highest BCUT2D eigenvalue weighted by Crippen LogP contribution is 2.25. The molecule has 2 aromatic carbocycles. The average molecular weight is 553 g/mol. The lowest BCUT2D eigenvalue weighted by Gasteiger charge is -2.11. The number of benzene rings is 2. The number of thioether (sulfide) groups is 1. The van der Waals surface area contributed by atoms with Crippen LogP contribution in [-0.2, 0) is 9.53 Å². The van der Waals surface area contributed by atoms with Crippen molar-refractivity contribution in [3.05, 3.63) is 65.7 Å². The maximum Gasteiger partial charge on any atom is 0.331 e. The summed E-state index contributed by atoms with van der Waals surface area (Å²) in [6.45, 7) is 7.09. The smallest absolute Gasteiger partial charge is 0.331 e. The fourth-order valence-electron chi connectivity index (χ4n) is 4.25. The first-order valence-corrected chi connectivity index (χ1v) is 15.8. The summed E-state index contributed by atoms with van der Waals surface area (Å²) in [7, 11) is 0. The first-order chi connectivity index (χ1) is 19.0. The van der Waals surface area contributed by atoms with Crippen molar-refractivity contribution in [1.82, 2.24) is 0 Å². The van der Waals surface area contributed by atoms with Gasteiger partial charge in [0.25, 0.3) is 0 Å². The Bertz CT molecular complexity index is 966. The van der Waals surface area contributed by atoms with Gasteiger partial charge in [-0.15, -0.1) is 0 Å². The molecule has 1 atom stereocenters. The van der Waals surface area contributed by atoms with E-state index in [9.17, 15) is 9.59 Å². The van der Waals surface area contributed by atoms with Crippen molar-refractivity contribution in [3.8, 4) is 5.75 Å². The molecule has 4 nitrogen and oxygen atoms in total. The van der Waals surface area contributed by atoms with Crippen molar-refractivity contribution >= 4 is 28.9 Å². The van der Waals surface area contributed by atoms with Crippen molar-refractivity contribution in [3.63, 3.8) is 0 Å². The van der Waals surface area contributed by atoms with Crippen molar-refractivity contribution < 1.29 is 19.1 Å². The topological polar surface area (TPSA) is 52.6 Å². The quantitative estimate of drug-likeness (QED) is 0.0708. The van der Waals surface area contributed by atoms with E-state index >= 15 is 0 Å². The SMILES string of the molecule is CCCCCCCCCCOc1ccc(C(=O)Sc2ccc(/C=C/C(=O)O[C@H](C)CCCCCC)cc2)cc1. The molecule has 2 aromatic rings. The Hall–Kier alpha value is -2.53. The molecule has 39 heavy (non-hydrogen) atoms. The Labute approximate surface area is 241 Å². The summed E-state index contributed by atoms with van der Waals surface area (Å²) < 4.78 is 11.3. The van der Waals surface area contributed by atoms with Gasteiger partial charge in [-0.3, -0.25) is 4.79 Å². The number of unbranched alkanes of at least 4 members (excludes halogenated alkanes) is 10. The van der Waals surface area contributed by atoms with Crippen LogP contribution in [0.3, 0.4) is 0 Å².